The Hall–Kier alpha value is -2.20. The van der Waals surface area contributed by atoms with Gasteiger partial charge in [0.05, 0.1) is 12.4 Å². The minimum atomic E-state index is -4.37. The summed E-state index contributed by atoms with van der Waals surface area (Å²) >= 11 is 0. The van der Waals surface area contributed by atoms with Crippen molar-refractivity contribution in [2.45, 2.75) is 11.4 Å². The zero-order valence-electron chi connectivity index (χ0n) is 10.8. The first-order valence-corrected chi connectivity index (χ1v) is 7.21. The molecule has 0 unspecified atom stereocenters. The van der Waals surface area contributed by atoms with Gasteiger partial charge in [0, 0.05) is 6.54 Å². The fourth-order valence-corrected chi connectivity index (χ4v) is 2.67. The number of aromatic nitrogens is 3. The summed E-state index contributed by atoms with van der Waals surface area (Å²) in [5.41, 5.74) is 0.281. The highest BCUT2D eigenvalue weighted by atomic mass is 32.2. The van der Waals surface area contributed by atoms with E-state index in [4.69, 9.17) is 0 Å². The molecule has 0 amide bonds. The van der Waals surface area contributed by atoms with Crippen molar-refractivity contribution in [1.82, 2.24) is 20.5 Å². The van der Waals surface area contributed by atoms with E-state index in [0.717, 1.165) is 12.1 Å². The number of sulfonamides is 1. The summed E-state index contributed by atoms with van der Waals surface area (Å²) in [6, 6.07) is 1.96. The maximum absolute atomic E-state index is 13.7. The van der Waals surface area contributed by atoms with Gasteiger partial charge in [0.25, 0.3) is 16.0 Å². The van der Waals surface area contributed by atoms with Crippen LogP contribution in [0.2, 0.25) is 0 Å². The highest BCUT2D eigenvalue weighted by Crippen LogP contribution is 2.21. The Morgan fingerprint density at radius 1 is 1.24 bits per heavy atom. The van der Waals surface area contributed by atoms with Crippen LogP contribution in [-0.2, 0) is 16.6 Å². The average Bonchev–Trinajstić information content (AvgIpc) is 2.43. The third-order valence-electron chi connectivity index (χ3n) is 2.43. The van der Waals surface area contributed by atoms with E-state index in [1.165, 1.54) is 12.4 Å². The number of benzene rings is 1. The van der Waals surface area contributed by atoms with Crippen molar-refractivity contribution >= 4 is 16.0 Å². The van der Waals surface area contributed by atoms with Crippen molar-refractivity contribution in [2.24, 2.45) is 0 Å². The molecule has 1 aromatic heterocycles. The molecule has 0 radical (unpaired) electrons. The fraction of sp³-hybridized carbons (Fsp3) is 0.182. The predicted octanol–water partition coefficient (Wildman–Crippen LogP) is 0.670. The Morgan fingerprint density at radius 3 is 2.62 bits per heavy atom. The molecule has 0 saturated carbocycles. The zero-order valence-corrected chi connectivity index (χ0v) is 11.7. The Bertz CT molecular complexity index is 740. The van der Waals surface area contributed by atoms with E-state index >= 15 is 0 Å². The first-order chi connectivity index (χ1) is 9.94. The van der Waals surface area contributed by atoms with Crippen molar-refractivity contribution in [2.75, 3.05) is 11.8 Å². The number of nitrogens with one attached hydrogen (secondary N) is 2. The number of nitrogens with zero attached hydrogens (tertiary/aromatic N) is 3. The number of anilines is 1. The summed E-state index contributed by atoms with van der Waals surface area (Å²) in [5.74, 6) is -3.06. The first-order valence-electron chi connectivity index (χ1n) is 5.73. The van der Waals surface area contributed by atoms with Crippen LogP contribution in [0.5, 0.6) is 0 Å². The number of hydrogen-bond acceptors (Lipinski definition) is 6. The lowest BCUT2D eigenvalue weighted by Crippen LogP contribution is -2.18. The molecule has 7 nitrogen and oxygen atoms in total. The third kappa shape index (κ3) is 3.47. The van der Waals surface area contributed by atoms with Crippen LogP contribution in [-0.4, -0.2) is 30.6 Å². The third-order valence-corrected chi connectivity index (χ3v) is 3.76. The van der Waals surface area contributed by atoms with Gasteiger partial charge in [-0.3, -0.25) is 0 Å². The molecule has 1 aromatic carbocycles. The minimum absolute atomic E-state index is 0.184. The second-order valence-electron chi connectivity index (χ2n) is 3.99. The van der Waals surface area contributed by atoms with Gasteiger partial charge in [-0.1, -0.05) is 0 Å². The Kier molecular flexibility index (Phi) is 4.38. The van der Waals surface area contributed by atoms with Crippen molar-refractivity contribution in [1.29, 1.82) is 0 Å². The van der Waals surface area contributed by atoms with Crippen LogP contribution in [0.4, 0.5) is 14.7 Å². The Labute approximate surface area is 119 Å². The van der Waals surface area contributed by atoms with Crippen LogP contribution >= 0.6 is 0 Å². The standard InChI is InChI=1S/C11H11F2N5O2S/c1-14-6-7-4-8(12)10(13)9(5-7)21(19,20)18-11-15-2-3-16-17-11/h2-5,14H,6H2,1H3,(H,15,17,18). The van der Waals surface area contributed by atoms with E-state index in [1.807, 2.05) is 4.72 Å². The normalized spacial score (nSPS) is 11.4. The smallest absolute Gasteiger partial charge is 0.267 e. The van der Waals surface area contributed by atoms with Crippen LogP contribution in [0.3, 0.4) is 0 Å². The van der Waals surface area contributed by atoms with Crippen LogP contribution in [0.15, 0.2) is 29.4 Å². The van der Waals surface area contributed by atoms with E-state index in [9.17, 15) is 17.2 Å². The monoisotopic (exact) mass is 315 g/mol. The maximum atomic E-state index is 13.7. The number of halogens is 2. The first kappa shape index (κ1) is 15.2. The molecule has 1 heterocycles. The maximum Gasteiger partial charge on any atom is 0.267 e. The summed E-state index contributed by atoms with van der Waals surface area (Å²) < 4.78 is 53.3. The van der Waals surface area contributed by atoms with Crippen molar-refractivity contribution < 1.29 is 17.2 Å². The molecule has 2 rings (SSSR count). The Morgan fingerprint density at radius 2 is 2.00 bits per heavy atom. The summed E-state index contributed by atoms with van der Waals surface area (Å²) in [7, 11) is -2.77. The summed E-state index contributed by atoms with van der Waals surface area (Å²) in [6.45, 7) is 0.184. The van der Waals surface area contributed by atoms with Gasteiger partial charge in [-0.25, -0.2) is 26.9 Å². The topological polar surface area (TPSA) is 96.9 Å². The largest absolute Gasteiger partial charge is 0.316 e. The molecule has 2 N–H and O–H groups in total. The minimum Gasteiger partial charge on any atom is -0.316 e. The molecule has 2 aromatic rings. The predicted molar refractivity (Wildman–Crippen MR) is 69.8 cm³/mol. The van der Waals surface area contributed by atoms with Crippen molar-refractivity contribution in [3.05, 3.63) is 41.7 Å². The van der Waals surface area contributed by atoms with E-state index in [0.29, 0.717) is 0 Å². The molecular weight excluding hydrogens is 304 g/mol. The lowest BCUT2D eigenvalue weighted by molar-refractivity contribution is 0.483. The van der Waals surface area contributed by atoms with E-state index in [2.05, 4.69) is 20.5 Å². The van der Waals surface area contributed by atoms with Crippen LogP contribution < -0.4 is 10.0 Å². The van der Waals surface area contributed by atoms with Gasteiger partial charge >= 0.3 is 0 Å². The second kappa shape index (κ2) is 6.06. The van der Waals surface area contributed by atoms with Gasteiger partial charge in [-0.05, 0) is 24.7 Å². The van der Waals surface area contributed by atoms with Gasteiger partial charge in [-0.2, -0.15) is 5.10 Å². The highest BCUT2D eigenvalue weighted by Gasteiger charge is 2.24. The summed E-state index contributed by atoms with van der Waals surface area (Å²) in [6.07, 6.45) is 2.45. The molecular formula is C11H11F2N5O2S. The molecule has 0 aliphatic carbocycles. The van der Waals surface area contributed by atoms with Gasteiger partial charge in [0.15, 0.2) is 11.6 Å². The molecule has 21 heavy (non-hydrogen) atoms. The van der Waals surface area contributed by atoms with Gasteiger partial charge < -0.3 is 5.32 Å². The van der Waals surface area contributed by atoms with Crippen LogP contribution in [0, 0.1) is 11.6 Å². The average molecular weight is 315 g/mol. The van der Waals surface area contributed by atoms with Crippen molar-refractivity contribution in [3.63, 3.8) is 0 Å². The molecule has 112 valence electrons. The molecule has 0 saturated heterocycles. The molecule has 10 heteroatoms. The fourth-order valence-electron chi connectivity index (χ4n) is 1.59. The molecule has 0 fully saturated rings. The van der Waals surface area contributed by atoms with E-state index in [1.54, 1.807) is 7.05 Å². The molecule has 0 aliphatic heterocycles. The Balaban J connectivity index is 2.44. The number of hydrogen-bond donors (Lipinski definition) is 2. The van der Waals surface area contributed by atoms with Crippen LogP contribution in [0.25, 0.3) is 0 Å². The van der Waals surface area contributed by atoms with Gasteiger partial charge in [0.2, 0.25) is 0 Å². The molecule has 0 aliphatic rings. The van der Waals surface area contributed by atoms with Crippen molar-refractivity contribution in [3.8, 4) is 0 Å². The van der Waals surface area contributed by atoms with Gasteiger partial charge in [-0.15, -0.1) is 5.10 Å². The number of rotatable bonds is 5. The van der Waals surface area contributed by atoms with Gasteiger partial charge in [0.1, 0.15) is 4.90 Å². The summed E-state index contributed by atoms with van der Waals surface area (Å²) in [4.78, 5) is 2.79. The lowest BCUT2D eigenvalue weighted by atomic mass is 10.2. The second-order valence-corrected chi connectivity index (χ2v) is 5.64. The SMILES string of the molecule is CNCc1cc(F)c(F)c(S(=O)(=O)Nc2nccnn2)c1. The molecule has 0 bridgehead atoms. The molecule has 0 atom stereocenters. The van der Waals surface area contributed by atoms with Crippen LogP contribution in [0.1, 0.15) is 5.56 Å². The van der Waals surface area contributed by atoms with E-state index < -0.39 is 26.6 Å². The summed E-state index contributed by atoms with van der Waals surface area (Å²) in [5, 5.41) is 9.57. The quantitative estimate of drug-likeness (QED) is 0.842. The zero-order chi connectivity index (χ0) is 15.5. The molecule has 0 spiro atoms. The highest BCUT2D eigenvalue weighted by molar-refractivity contribution is 7.92. The van der Waals surface area contributed by atoms with E-state index in [-0.39, 0.29) is 18.1 Å². The lowest BCUT2D eigenvalue weighted by Gasteiger charge is -2.09.